The Morgan fingerprint density at radius 1 is 1.35 bits per heavy atom. The first-order chi connectivity index (χ1) is 9.40. The summed E-state index contributed by atoms with van der Waals surface area (Å²) in [5.41, 5.74) is 2.85. The number of ether oxygens (including phenoxy) is 1. The topological polar surface area (TPSA) is 43.6 Å². The third-order valence-electron chi connectivity index (χ3n) is 2.67. The van der Waals surface area contributed by atoms with Gasteiger partial charge < -0.3 is 9.15 Å². The van der Waals surface area contributed by atoms with Crippen LogP contribution in [0.15, 0.2) is 28.7 Å². The Morgan fingerprint density at radius 3 is 2.75 bits per heavy atom. The number of rotatable bonds is 5. The molecule has 7 heteroatoms. The minimum Gasteiger partial charge on any atom is -0.493 e. The fraction of sp³-hybridized carbons (Fsp3) is 0.385. The van der Waals surface area contributed by atoms with Crippen molar-refractivity contribution in [2.24, 2.45) is 0 Å². The van der Waals surface area contributed by atoms with Gasteiger partial charge in [0, 0.05) is 5.39 Å². The van der Waals surface area contributed by atoms with E-state index in [1.165, 1.54) is 7.11 Å². The van der Waals surface area contributed by atoms with Crippen molar-refractivity contribution in [1.29, 1.82) is 0 Å². The average Bonchev–Trinajstić information content (AvgIpc) is 2.80. The molecular formula is C13H14F3NO3. The maximum atomic E-state index is 12.0. The third-order valence-corrected chi connectivity index (χ3v) is 2.67. The summed E-state index contributed by atoms with van der Waals surface area (Å²) in [4.78, 5) is 4.40. The monoisotopic (exact) mass is 289 g/mol. The highest BCUT2D eigenvalue weighted by Gasteiger charge is 2.28. The quantitative estimate of drug-likeness (QED) is 0.854. The first-order valence-corrected chi connectivity index (χ1v) is 5.91. The minimum atomic E-state index is -4.37. The van der Waals surface area contributed by atoms with Crippen LogP contribution in [0.1, 0.15) is 18.7 Å². The number of hydroxylamine groups is 1. The van der Waals surface area contributed by atoms with Crippen molar-refractivity contribution < 1.29 is 27.2 Å². The number of fused-ring (bicyclic) bond motifs is 1. The lowest BCUT2D eigenvalue weighted by atomic mass is 10.2. The van der Waals surface area contributed by atoms with Crippen LogP contribution in [0.3, 0.4) is 0 Å². The summed E-state index contributed by atoms with van der Waals surface area (Å²) in [7, 11) is 1.52. The van der Waals surface area contributed by atoms with Gasteiger partial charge in [0.15, 0.2) is 17.9 Å². The summed E-state index contributed by atoms with van der Waals surface area (Å²) < 4.78 is 46.6. The lowest BCUT2D eigenvalue weighted by Gasteiger charge is -2.12. The highest BCUT2D eigenvalue weighted by Crippen LogP contribution is 2.30. The Labute approximate surface area is 113 Å². The van der Waals surface area contributed by atoms with Gasteiger partial charge in [-0.3, -0.25) is 4.84 Å². The lowest BCUT2D eigenvalue weighted by Crippen LogP contribution is -2.26. The molecule has 0 aliphatic heterocycles. The van der Waals surface area contributed by atoms with E-state index in [0.717, 1.165) is 5.39 Å². The number of para-hydroxylation sites is 1. The number of alkyl halides is 3. The molecule has 0 bridgehead atoms. The van der Waals surface area contributed by atoms with Gasteiger partial charge in [-0.2, -0.15) is 18.7 Å². The van der Waals surface area contributed by atoms with Crippen LogP contribution in [0.25, 0.3) is 11.0 Å². The molecular weight excluding hydrogens is 275 g/mol. The summed E-state index contributed by atoms with van der Waals surface area (Å²) in [6, 6.07) is 6.59. The molecule has 1 N–H and O–H groups in total. The summed E-state index contributed by atoms with van der Waals surface area (Å²) in [5, 5.41) is 0.809. The summed E-state index contributed by atoms with van der Waals surface area (Å²) >= 11 is 0. The van der Waals surface area contributed by atoms with E-state index in [4.69, 9.17) is 9.15 Å². The van der Waals surface area contributed by atoms with Crippen LogP contribution < -0.4 is 10.2 Å². The Hall–Kier alpha value is -1.73. The Morgan fingerprint density at radius 2 is 2.10 bits per heavy atom. The predicted octanol–water partition coefficient (Wildman–Crippen LogP) is 3.59. The first kappa shape index (κ1) is 14.7. The second-order valence-electron chi connectivity index (χ2n) is 4.27. The number of furan rings is 1. The molecule has 0 aliphatic carbocycles. The number of methoxy groups -OCH3 is 1. The summed E-state index contributed by atoms with van der Waals surface area (Å²) in [5.74, 6) is 1.03. The second kappa shape index (κ2) is 5.72. The standard InChI is InChI=1S/C13H14F3NO3/c1-8(17-19-7-13(14,15)16)11-6-9-4-3-5-10(18-2)12(9)20-11/h3-6,8,17H,7H2,1-2H3. The molecule has 1 aromatic heterocycles. The molecule has 0 amide bonds. The average molecular weight is 289 g/mol. The van der Waals surface area contributed by atoms with E-state index in [0.29, 0.717) is 17.1 Å². The summed E-state index contributed by atoms with van der Waals surface area (Å²) in [6.07, 6.45) is -4.37. The van der Waals surface area contributed by atoms with Crippen LogP contribution in [-0.4, -0.2) is 19.9 Å². The van der Waals surface area contributed by atoms with Gasteiger partial charge in [0.05, 0.1) is 13.2 Å². The molecule has 0 saturated heterocycles. The van der Waals surface area contributed by atoms with E-state index in [9.17, 15) is 13.2 Å². The summed E-state index contributed by atoms with van der Waals surface area (Å²) in [6.45, 7) is 0.279. The molecule has 110 valence electrons. The molecule has 20 heavy (non-hydrogen) atoms. The van der Waals surface area contributed by atoms with E-state index in [1.807, 2.05) is 6.07 Å². The fourth-order valence-electron chi connectivity index (χ4n) is 1.74. The van der Waals surface area contributed by atoms with Crippen LogP contribution in [0.2, 0.25) is 0 Å². The van der Waals surface area contributed by atoms with E-state index >= 15 is 0 Å². The maximum absolute atomic E-state index is 12.0. The van der Waals surface area contributed by atoms with Gasteiger partial charge in [0.2, 0.25) is 0 Å². The van der Waals surface area contributed by atoms with Gasteiger partial charge in [-0.15, -0.1) is 0 Å². The number of halogens is 3. The Bertz CT molecular complexity index is 580. The normalized spacial score (nSPS) is 13.7. The number of benzene rings is 1. The Kier molecular flexibility index (Phi) is 4.20. The lowest BCUT2D eigenvalue weighted by molar-refractivity contribution is -0.193. The van der Waals surface area contributed by atoms with Crippen molar-refractivity contribution in [3.8, 4) is 5.75 Å². The van der Waals surface area contributed by atoms with Crippen molar-refractivity contribution in [3.63, 3.8) is 0 Å². The van der Waals surface area contributed by atoms with Gasteiger partial charge in [-0.1, -0.05) is 12.1 Å². The maximum Gasteiger partial charge on any atom is 0.413 e. The first-order valence-electron chi connectivity index (χ1n) is 5.91. The van der Waals surface area contributed by atoms with Gasteiger partial charge in [-0.25, -0.2) is 0 Å². The van der Waals surface area contributed by atoms with Crippen LogP contribution in [-0.2, 0) is 4.84 Å². The van der Waals surface area contributed by atoms with Crippen molar-refractivity contribution in [1.82, 2.24) is 5.48 Å². The molecule has 2 rings (SSSR count). The van der Waals surface area contributed by atoms with E-state index < -0.39 is 18.8 Å². The molecule has 0 aliphatic rings. The molecule has 2 aromatic rings. The van der Waals surface area contributed by atoms with Gasteiger partial charge in [-0.05, 0) is 19.1 Å². The highest BCUT2D eigenvalue weighted by atomic mass is 19.4. The van der Waals surface area contributed by atoms with Gasteiger partial charge in [0.1, 0.15) is 5.76 Å². The largest absolute Gasteiger partial charge is 0.493 e. The van der Waals surface area contributed by atoms with E-state index in [2.05, 4.69) is 10.3 Å². The van der Waals surface area contributed by atoms with E-state index in [-0.39, 0.29) is 0 Å². The zero-order chi connectivity index (χ0) is 14.8. The number of hydrogen-bond donors (Lipinski definition) is 1. The second-order valence-corrected chi connectivity index (χ2v) is 4.27. The van der Waals surface area contributed by atoms with Crippen LogP contribution in [0.5, 0.6) is 5.75 Å². The molecule has 1 unspecified atom stereocenters. The van der Waals surface area contributed by atoms with Gasteiger partial charge >= 0.3 is 6.18 Å². The molecule has 4 nitrogen and oxygen atoms in total. The smallest absolute Gasteiger partial charge is 0.413 e. The molecule has 1 aromatic carbocycles. The minimum absolute atomic E-state index is 0.465. The molecule has 1 atom stereocenters. The van der Waals surface area contributed by atoms with Crippen molar-refractivity contribution >= 4 is 11.0 Å². The highest BCUT2D eigenvalue weighted by molar-refractivity contribution is 5.83. The Balaban J connectivity index is 2.09. The van der Waals surface area contributed by atoms with Crippen molar-refractivity contribution in [3.05, 3.63) is 30.0 Å². The number of hydrogen-bond acceptors (Lipinski definition) is 4. The van der Waals surface area contributed by atoms with Crippen molar-refractivity contribution in [2.45, 2.75) is 19.1 Å². The zero-order valence-electron chi connectivity index (χ0n) is 11.0. The van der Waals surface area contributed by atoms with Crippen LogP contribution in [0, 0.1) is 0 Å². The molecule has 0 fully saturated rings. The van der Waals surface area contributed by atoms with Crippen LogP contribution in [0.4, 0.5) is 13.2 Å². The molecule has 1 heterocycles. The zero-order valence-corrected chi connectivity index (χ0v) is 11.0. The molecule has 0 radical (unpaired) electrons. The van der Waals surface area contributed by atoms with Crippen LogP contribution >= 0.6 is 0 Å². The van der Waals surface area contributed by atoms with E-state index in [1.54, 1.807) is 25.1 Å². The fourth-order valence-corrected chi connectivity index (χ4v) is 1.74. The predicted molar refractivity (Wildman–Crippen MR) is 66.3 cm³/mol. The molecule has 0 spiro atoms. The SMILES string of the molecule is COc1cccc2cc(C(C)NOCC(F)(F)F)oc12. The third kappa shape index (κ3) is 3.43. The van der Waals surface area contributed by atoms with Crippen molar-refractivity contribution in [2.75, 3.05) is 13.7 Å². The number of nitrogens with one attached hydrogen (secondary N) is 1. The molecule has 0 saturated carbocycles. The van der Waals surface area contributed by atoms with Gasteiger partial charge in [0.25, 0.3) is 0 Å².